The van der Waals surface area contributed by atoms with E-state index < -0.39 is 11.8 Å². The average Bonchev–Trinajstić information content (AvgIpc) is 2.94. The smallest absolute Gasteiger partial charge is 0.213 e. The average molecular weight is 323 g/mol. The second-order valence-electron chi connectivity index (χ2n) is 5.36. The van der Waals surface area contributed by atoms with Crippen LogP contribution in [-0.4, -0.2) is 10.1 Å². The van der Waals surface area contributed by atoms with E-state index in [0.29, 0.717) is 33.4 Å². The van der Waals surface area contributed by atoms with Crippen molar-refractivity contribution < 1.29 is 18.3 Å². The Labute approximate surface area is 135 Å². The molecule has 4 rings (SSSR count). The van der Waals surface area contributed by atoms with E-state index in [1.54, 1.807) is 18.2 Å². The molecule has 0 aliphatic rings. The number of hydrogen-bond donors (Lipinski definition) is 1. The number of aromatic nitrogens is 1. The van der Waals surface area contributed by atoms with Crippen LogP contribution in [0.5, 0.6) is 5.75 Å². The zero-order valence-electron chi connectivity index (χ0n) is 12.3. The second-order valence-corrected chi connectivity index (χ2v) is 5.36. The fraction of sp³-hybridized carbons (Fsp3) is 0. The van der Waals surface area contributed by atoms with Crippen LogP contribution in [0.3, 0.4) is 0 Å². The summed E-state index contributed by atoms with van der Waals surface area (Å²) < 4.78 is 33.2. The van der Waals surface area contributed by atoms with Gasteiger partial charge in [-0.2, -0.15) is 4.39 Å². The molecule has 0 radical (unpaired) electrons. The summed E-state index contributed by atoms with van der Waals surface area (Å²) in [7, 11) is 0. The predicted molar refractivity (Wildman–Crippen MR) is 86.5 cm³/mol. The molecule has 0 aliphatic carbocycles. The molecular weight excluding hydrogens is 312 g/mol. The largest absolute Gasteiger partial charge is 0.508 e. The summed E-state index contributed by atoms with van der Waals surface area (Å²) in [5, 5.41) is 10.0. The Balaban J connectivity index is 2.06. The molecule has 0 atom stereocenters. The number of phenolic OH excluding ortho intramolecular Hbond substituents is 1. The van der Waals surface area contributed by atoms with E-state index >= 15 is 0 Å². The molecule has 0 aliphatic heterocycles. The van der Waals surface area contributed by atoms with Gasteiger partial charge in [0.05, 0.1) is 0 Å². The summed E-state index contributed by atoms with van der Waals surface area (Å²) in [6.07, 6.45) is 1.35. The van der Waals surface area contributed by atoms with Crippen LogP contribution in [0.25, 0.3) is 33.4 Å². The Kier molecular flexibility index (Phi) is 3.27. The van der Waals surface area contributed by atoms with E-state index in [1.165, 1.54) is 42.6 Å². The summed E-state index contributed by atoms with van der Waals surface area (Å²) in [6.45, 7) is 0. The molecular formula is C19H11F2NO2. The van der Waals surface area contributed by atoms with Crippen LogP contribution in [0.4, 0.5) is 8.78 Å². The van der Waals surface area contributed by atoms with E-state index in [4.69, 9.17) is 4.42 Å². The van der Waals surface area contributed by atoms with E-state index in [0.717, 1.165) is 0 Å². The van der Waals surface area contributed by atoms with Gasteiger partial charge in [-0.15, -0.1) is 0 Å². The summed E-state index contributed by atoms with van der Waals surface area (Å²) in [4.78, 5) is 3.56. The maximum Gasteiger partial charge on any atom is 0.213 e. The first kappa shape index (κ1) is 14.4. The molecule has 4 aromatic rings. The van der Waals surface area contributed by atoms with Crippen molar-refractivity contribution in [2.75, 3.05) is 0 Å². The highest BCUT2D eigenvalue weighted by Gasteiger charge is 2.18. The lowest BCUT2D eigenvalue weighted by molar-refractivity contribution is 0.475. The van der Waals surface area contributed by atoms with Gasteiger partial charge in [-0.1, -0.05) is 0 Å². The van der Waals surface area contributed by atoms with Crippen molar-refractivity contribution in [2.45, 2.75) is 0 Å². The first-order valence-electron chi connectivity index (χ1n) is 7.25. The molecule has 3 nitrogen and oxygen atoms in total. The van der Waals surface area contributed by atoms with Crippen LogP contribution in [0.15, 0.2) is 65.2 Å². The van der Waals surface area contributed by atoms with Crippen molar-refractivity contribution in [3.8, 4) is 28.2 Å². The maximum atomic E-state index is 13.7. The topological polar surface area (TPSA) is 46.3 Å². The molecule has 0 saturated carbocycles. The molecule has 2 heterocycles. The number of halogens is 2. The van der Waals surface area contributed by atoms with Gasteiger partial charge in [0.1, 0.15) is 22.9 Å². The standard InChI is InChI=1S/C19H11F2NO2/c20-13-3-6-16-15(10-13)18(12-7-8-22-17(21)9-12)19(24-16)11-1-4-14(23)5-2-11/h1-10,23H. The monoisotopic (exact) mass is 323 g/mol. The first-order valence-corrected chi connectivity index (χ1v) is 7.25. The number of aromatic hydroxyl groups is 1. The lowest BCUT2D eigenvalue weighted by Crippen LogP contribution is -1.86. The number of benzene rings is 2. The van der Waals surface area contributed by atoms with E-state index in [2.05, 4.69) is 4.98 Å². The normalized spacial score (nSPS) is 11.1. The van der Waals surface area contributed by atoms with Crippen molar-refractivity contribution in [2.24, 2.45) is 0 Å². The summed E-state index contributed by atoms with van der Waals surface area (Å²) in [6, 6.07) is 13.5. The summed E-state index contributed by atoms with van der Waals surface area (Å²) in [5.74, 6) is -0.440. The van der Waals surface area contributed by atoms with Gasteiger partial charge in [0.2, 0.25) is 5.95 Å². The van der Waals surface area contributed by atoms with Crippen molar-refractivity contribution in [3.05, 3.63) is 72.6 Å². The predicted octanol–water partition coefficient (Wildman–Crippen LogP) is 5.15. The summed E-state index contributed by atoms with van der Waals surface area (Å²) in [5.41, 5.74) is 2.30. The van der Waals surface area contributed by atoms with Crippen LogP contribution in [0.2, 0.25) is 0 Å². The number of fused-ring (bicyclic) bond motifs is 1. The Morgan fingerprint density at radius 1 is 0.875 bits per heavy atom. The van der Waals surface area contributed by atoms with Crippen LogP contribution in [0.1, 0.15) is 0 Å². The van der Waals surface area contributed by atoms with Crippen LogP contribution in [0, 0.1) is 11.8 Å². The quantitative estimate of drug-likeness (QED) is 0.519. The Hall–Kier alpha value is -3.21. The fourth-order valence-electron chi connectivity index (χ4n) is 2.73. The lowest BCUT2D eigenvalue weighted by Gasteiger charge is -2.04. The number of furan rings is 1. The third-order valence-corrected chi connectivity index (χ3v) is 3.79. The van der Waals surface area contributed by atoms with E-state index in [-0.39, 0.29) is 5.75 Å². The van der Waals surface area contributed by atoms with Gasteiger partial charge in [-0.25, -0.2) is 9.37 Å². The molecule has 0 amide bonds. The van der Waals surface area contributed by atoms with E-state index in [9.17, 15) is 13.9 Å². The zero-order chi connectivity index (χ0) is 16.7. The van der Waals surface area contributed by atoms with Crippen LogP contribution < -0.4 is 0 Å². The molecule has 118 valence electrons. The Bertz CT molecular complexity index is 1040. The minimum Gasteiger partial charge on any atom is -0.508 e. The van der Waals surface area contributed by atoms with Crippen LogP contribution >= 0.6 is 0 Å². The van der Waals surface area contributed by atoms with Crippen molar-refractivity contribution in [1.82, 2.24) is 4.98 Å². The van der Waals surface area contributed by atoms with Gasteiger partial charge in [-0.3, -0.25) is 0 Å². The summed E-state index contributed by atoms with van der Waals surface area (Å²) >= 11 is 0. The minimum atomic E-state index is -0.630. The molecule has 0 spiro atoms. The first-order chi connectivity index (χ1) is 11.6. The molecule has 1 N–H and O–H groups in total. The molecule has 0 fully saturated rings. The van der Waals surface area contributed by atoms with Gasteiger partial charge >= 0.3 is 0 Å². The van der Waals surface area contributed by atoms with Gasteiger partial charge in [-0.05, 0) is 54.1 Å². The van der Waals surface area contributed by atoms with E-state index in [1.807, 2.05) is 0 Å². The molecule has 0 bridgehead atoms. The number of nitrogens with zero attached hydrogens (tertiary/aromatic N) is 1. The van der Waals surface area contributed by atoms with Crippen molar-refractivity contribution in [1.29, 1.82) is 0 Å². The SMILES string of the molecule is Oc1ccc(-c2oc3ccc(F)cc3c2-c2ccnc(F)c2)cc1. The van der Waals surface area contributed by atoms with Gasteiger partial charge < -0.3 is 9.52 Å². The highest BCUT2D eigenvalue weighted by atomic mass is 19.1. The second kappa shape index (κ2) is 5.45. The van der Waals surface area contributed by atoms with Gasteiger partial charge in [0, 0.05) is 28.8 Å². The zero-order valence-corrected chi connectivity index (χ0v) is 12.3. The van der Waals surface area contributed by atoms with Crippen molar-refractivity contribution in [3.63, 3.8) is 0 Å². The van der Waals surface area contributed by atoms with Gasteiger partial charge in [0.15, 0.2) is 0 Å². The highest BCUT2D eigenvalue weighted by molar-refractivity contribution is 6.01. The minimum absolute atomic E-state index is 0.123. The molecule has 5 heteroatoms. The number of phenols is 1. The third-order valence-electron chi connectivity index (χ3n) is 3.79. The Morgan fingerprint density at radius 3 is 2.42 bits per heavy atom. The van der Waals surface area contributed by atoms with Crippen molar-refractivity contribution >= 4 is 11.0 Å². The lowest BCUT2D eigenvalue weighted by atomic mass is 9.99. The Morgan fingerprint density at radius 2 is 1.67 bits per heavy atom. The van der Waals surface area contributed by atoms with Crippen LogP contribution in [-0.2, 0) is 0 Å². The molecule has 2 aromatic carbocycles. The molecule has 0 saturated heterocycles. The fourth-order valence-corrected chi connectivity index (χ4v) is 2.73. The number of hydrogen-bond acceptors (Lipinski definition) is 3. The van der Waals surface area contributed by atoms with Gasteiger partial charge in [0.25, 0.3) is 0 Å². The molecule has 0 unspecified atom stereocenters. The number of rotatable bonds is 2. The maximum absolute atomic E-state index is 13.7. The number of pyridine rings is 1. The highest BCUT2D eigenvalue weighted by Crippen LogP contribution is 2.41. The molecule has 2 aromatic heterocycles. The third kappa shape index (κ3) is 2.40. The molecule has 24 heavy (non-hydrogen) atoms.